The van der Waals surface area contributed by atoms with E-state index in [4.69, 9.17) is 0 Å². The highest BCUT2D eigenvalue weighted by molar-refractivity contribution is 9.10. The van der Waals surface area contributed by atoms with Crippen molar-refractivity contribution in [2.24, 2.45) is 0 Å². The van der Waals surface area contributed by atoms with Crippen LogP contribution in [0, 0.1) is 0 Å². The first kappa shape index (κ1) is 20.8. The molecular weight excluding hydrogens is 442 g/mol. The van der Waals surface area contributed by atoms with E-state index in [1.165, 1.54) is 18.4 Å². The molecule has 1 heterocycles. The average molecular weight is 466 g/mol. The van der Waals surface area contributed by atoms with Crippen molar-refractivity contribution >= 4 is 37.5 Å². The highest BCUT2D eigenvalue weighted by Crippen LogP contribution is 2.30. The van der Waals surface area contributed by atoms with Crippen LogP contribution in [0.4, 0.5) is 5.69 Å². The Kier molecular flexibility index (Phi) is 6.12. The average Bonchev–Trinajstić information content (AvgIpc) is 3.04. The van der Waals surface area contributed by atoms with Crippen molar-refractivity contribution in [2.75, 3.05) is 32.1 Å². The maximum atomic E-state index is 12.5. The Bertz CT molecular complexity index is 975. The van der Waals surface area contributed by atoms with E-state index < -0.39 is 10.0 Å². The molecule has 0 aromatic heterocycles. The number of fused-ring (bicyclic) bond motifs is 1. The molecular formula is C20H24BrN3O3S. The molecule has 150 valence electrons. The van der Waals surface area contributed by atoms with Crippen LogP contribution in [0.25, 0.3) is 0 Å². The van der Waals surface area contributed by atoms with E-state index in [1.807, 2.05) is 36.1 Å². The number of halogens is 1. The molecule has 1 atom stereocenters. The molecule has 6 nitrogen and oxygen atoms in total. The monoisotopic (exact) mass is 465 g/mol. The van der Waals surface area contributed by atoms with Gasteiger partial charge in [-0.2, -0.15) is 0 Å². The lowest BCUT2D eigenvalue weighted by molar-refractivity contribution is -0.120. The standard InChI is InChI=1S/C20H24BrN3O3S/c1-14(15-4-6-17(21)7-5-15)22-20(25)13-24-11-10-16-12-18(8-9-19(16)24)28(26,27)23(2)3/h4-9,12,14H,10-11,13H2,1-3H3,(H,22,25). The van der Waals surface area contributed by atoms with E-state index in [2.05, 4.69) is 21.2 Å². The SMILES string of the molecule is CC(NC(=O)CN1CCc2cc(S(=O)(=O)N(C)C)ccc21)c1ccc(Br)cc1. The second kappa shape index (κ2) is 8.23. The van der Waals surface area contributed by atoms with Gasteiger partial charge in [-0.15, -0.1) is 0 Å². The molecule has 1 unspecified atom stereocenters. The number of carbonyl (C=O) groups is 1. The van der Waals surface area contributed by atoms with E-state index in [-0.39, 0.29) is 23.4 Å². The molecule has 28 heavy (non-hydrogen) atoms. The molecule has 8 heteroatoms. The Labute approximate surface area is 174 Å². The number of hydrogen-bond donors (Lipinski definition) is 1. The maximum absolute atomic E-state index is 12.5. The Morgan fingerprint density at radius 3 is 2.54 bits per heavy atom. The van der Waals surface area contributed by atoms with Gasteiger partial charge in [-0.25, -0.2) is 12.7 Å². The fourth-order valence-corrected chi connectivity index (χ4v) is 4.49. The van der Waals surface area contributed by atoms with Crippen LogP contribution >= 0.6 is 15.9 Å². The normalized spacial score (nSPS) is 14.8. The Morgan fingerprint density at radius 2 is 1.89 bits per heavy atom. The third-order valence-electron chi connectivity index (χ3n) is 4.90. The highest BCUT2D eigenvalue weighted by Gasteiger charge is 2.25. The van der Waals surface area contributed by atoms with Crippen molar-refractivity contribution in [3.05, 3.63) is 58.1 Å². The van der Waals surface area contributed by atoms with Crippen LogP contribution in [0.3, 0.4) is 0 Å². The van der Waals surface area contributed by atoms with Crippen LogP contribution in [0.2, 0.25) is 0 Å². The fraction of sp³-hybridized carbons (Fsp3) is 0.350. The summed E-state index contributed by atoms with van der Waals surface area (Å²) in [5.74, 6) is -0.0618. The summed E-state index contributed by atoms with van der Waals surface area (Å²) in [6.45, 7) is 2.89. The molecule has 0 spiro atoms. The van der Waals surface area contributed by atoms with Crippen LogP contribution in [0.15, 0.2) is 51.8 Å². The Hall–Kier alpha value is -1.90. The molecule has 0 aliphatic carbocycles. The predicted octanol–water partition coefficient (Wildman–Crippen LogP) is 2.94. The maximum Gasteiger partial charge on any atom is 0.242 e. The number of nitrogens with zero attached hydrogens (tertiary/aromatic N) is 2. The van der Waals surface area contributed by atoms with Crippen molar-refractivity contribution in [1.82, 2.24) is 9.62 Å². The number of carbonyl (C=O) groups excluding carboxylic acids is 1. The topological polar surface area (TPSA) is 69.7 Å². The van der Waals surface area contributed by atoms with Gasteiger partial charge >= 0.3 is 0 Å². The molecule has 2 aromatic rings. The fourth-order valence-electron chi connectivity index (χ4n) is 3.28. The molecule has 0 saturated carbocycles. The van der Waals surface area contributed by atoms with Crippen molar-refractivity contribution in [3.63, 3.8) is 0 Å². The number of amides is 1. The molecule has 1 N–H and O–H groups in total. The minimum Gasteiger partial charge on any atom is -0.362 e. The highest BCUT2D eigenvalue weighted by atomic mass is 79.9. The summed E-state index contributed by atoms with van der Waals surface area (Å²) in [7, 11) is -0.417. The van der Waals surface area contributed by atoms with Crippen molar-refractivity contribution < 1.29 is 13.2 Å². The summed E-state index contributed by atoms with van der Waals surface area (Å²) < 4.78 is 26.8. The first-order chi connectivity index (χ1) is 13.2. The molecule has 1 amide bonds. The molecule has 0 bridgehead atoms. The van der Waals surface area contributed by atoms with E-state index in [1.54, 1.807) is 18.2 Å². The third-order valence-corrected chi connectivity index (χ3v) is 7.24. The lowest BCUT2D eigenvalue weighted by Gasteiger charge is -2.21. The number of anilines is 1. The predicted molar refractivity (Wildman–Crippen MR) is 114 cm³/mol. The molecule has 2 aromatic carbocycles. The van der Waals surface area contributed by atoms with Gasteiger partial charge in [-0.3, -0.25) is 4.79 Å². The van der Waals surface area contributed by atoms with Gasteiger partial charge < -0.3 is 10.2 Å². The second-order valence-electron chi connectivity index (χ2n) is 7.09. The number of benzene rings is 2. The molecule has 3 rings (SSSR count). The summed E-state index contributed by atoms with van der Waals surface area (Å²) >= 11 is 3.41. The minimum absolute atomic E-state index is 0.0618. The first-order valence-electron chi connectivity index (χ1n) is 9.03. The van der Waals surface area contributed by atoms with Gasteiger partial charge in [0.15, 0.2) is 0 Å². The summed E-state index contributed by atoms with van der Waals surface area (Å²) in [5, 5.41) is 3.03. The van der Waals surface area contributed by atoms with E-state index in [0.717, 1.165) is 27.7 Å². The van der Waals surface area contributed by atoms with Gasteiger partial charge in [0.25, 0.3) is 0 Å². The first-order valence-corrected chi connectivity index (χ1v) is 11.3. The summed E-state index contributed by atoms with van der Waals surface area (Å²) in [4.78, 5) is 14.8. The van der Waals surface area contributed by atoms with Gasteiger partial charge in [0.2, 0.25) is 15.9 Å². The largest absolute Gasteiger partial charge is 0.362 e. The number of sulfonamides is 1. The second-order valence-corrected chi connectivity index (χ2v) is 10.2. The summed E-state index contributed by atoms with van der Waals surface area (Å²) in [5.41, 5.74) is 2.91. The Balaban J connectivity index is 1.67. The molecule has 0 radical (unpaired) electrons. The van der Waals surface area contributed by atoms with Crippen LogP contribution in [-0.2, 0) is 21.2 Å². The van der Waals surface area contributed by atoms with Crippen LogP contribution < -0.4 is 10.2 Å². The van der Waals surface area contributed by atoms with E-state index >= 15 is 0 Å². The zero-order chi connectivity index (χ0) is 20.5. The molecule has 0 fully saturated rings. The zero-order valence-electron chi connectivity index (χ0n) is 16.1. The summed E-state index contributed by atoms with van der Waals surface area (Å²) in [6, 6.07) is 12.9. The van der Waals surface area contributed by atoms with Gasteiger partial charge in [0, 0.05) is 30.8 Å². The molecule has 1 aliphatic rings. The molecule has 0 saturated heterocycles. The van der Waals surface area contributed by atoms with E-state index in [9.17, 15) is 13.2 Å². The minimum atomic E-state index is -3.46. The lowest BCUT2D eigenvalue weighted by Crippen LogP contribution is -2.37. The zero-order valence-corrected chi connectivity index (χ0v) is 18.5. The van der Waals surface area contributed by atoms with Crippen LogP contribution in [0.5, 0.6) is 0 Å². The van der Waals surface area contributed by atoms with Crippen LogP contribution in [0.1, 0.15) is 24.1 Å². The lowest BCUT2D eigenvalue weighted by atomic mass is 10.1. The van der Waals surface area contributed by atoms with Gasteiger partial charge in [-0.1, -0.05) is 28.1 Å². The van der Waals surface area contributed by atoms with Crippen molar-refractivity contribution in [3.8, 4) is 0 Å². The summed E-state index contributed by atoms with van der Waals surface area (Å²) in [6.07, 6.45) is 0.724. The van der Waals surface area contributed by atoms with Crippen molar-refractivity contribution in [2.45, 2.75) is 24.3 Å². The number of rotatable bonds is 6. The number of hydrogen-bond acceptors (Lipinski definition) is 4. The van der Waals surface area contributed by atoms with E-state index in [0.29, 0.717) is 6.54 Å². The van der Waals surface area contributed by atoms with Gasteiger partial charge in [0.1, 0.15) is 0 Å². The Morgan fingerprint density at radius 1 is 1.21 bits per heavy atom. The van der Waals surface area contributed by atoms with Crippen molar-refractivity contribution in [1.29, 1.82) is 0 Å². The quantitative estimate of drug-likeness (QED) is 0.711. The number of nitrogens with one attached hydrogen (secondary N) is 1. The smallest absolute Gasteiger partial charge is 0.242 e. The van der Waals surface area contributed by atoms with Gasteiger partial charge in [0.05, 0.1) is 17.5 Å². The van der Waals surface area contributed by atoms with Gasteiger partial charge in [-0.05, 0) is 54.8 Å². The van der Waals surface area contributed by atoms with Crippen LogP contribution in [-0.4, -0.2) is 45.8 Å². The third kappa shape index (κ3) is 4.39. The molecule has 1 aliphatic heterocycles.